The van der Waals surface area contributed by atoms with Crippen LogP contribution in [0.4, 0.5) is 11.4 Å². The predicted molar refractivity (Wildman–Crippen MR) is 90.3 cm³/mol. The number of rotatable bonds is 1. The summed E-state index contributed by atoms with van der Waals surface area (Å²) in [5, 5.41) is 0. The number of aryl methyl sites for hydroxylation is 1. The third-order valence-corrected chi connectivity index (χ3v) is 6.05. The molecule has 0 amide bonds. The van der Waals surface area contributed by atoms with Gasteiger partial charge in [0.15, 0.2) is 0 Å². The molecular weight excluding hydrogens is 312 g/mol. The fourth-order valence-electron chi connectivity index (χ4n) is 3.95. The first kappa shape index (κ1) is 14.2. The molecule has 3 heteroatoms. The number of anilines is 2. The largest absolute Gasteiger partial charge is 0.398 e. The van der Waals surface area contributed by atoms with Gasteiger partial charge in [-0.2, -0.15) is 0 Å². The van der Waals surface area contributed by atoms with E-state index in [4.69, 9.17) is 5.73 Å². The van der Waals surface area contributed by atoms with Crippen molar-refractivity contribution in [1.82, 2.24) is 0 Å². The Balaban J connectivity index is 1.73. The summed E-state index contributed by atoms with van der Waals surface area (Å²) in [7, 11) is 0. The number of nitrogens with two attached hydrogens (primary N) is 1. The van der Waals surface area contributed by atoms with Gasteiger partial charge in [0.1, 0.15) is 0 Å². The van der Waals surface area contributed by atoms with Crippen LogP contribution in [0.5, 0.6) is 0 Å². The molecule has 1 aliphatic heterocycles. The fourth-order valence-corrected chi connectivity index (χ4v) is 4.56. The minimum atomic E-state index is 0.671. The summed E-state index contributed by atoms with van der Waals surface area (Å²) in [5.41, 5.74) is 10.0. The maximum atomic E-state index is 5.98. The monoisotopic (exact) mass is 336 g/mol. The smallest absolute Gasteiger partial charge is 0.0514 e. The molecular formula is C17H25BrN2. The second-order valence-electron chi connectivity index (χ2n) is 6.71. The van der Waals surface area contributed by atoms with Crippen molar-refractivity contribution in [3.63, 3.8) is 0 Å². The van der Waals surface area contributed by atoms with E-state index in [9.17, 15) is 0 Å². The van der Waals surface area contributed by atoms with Crippen molar-refractivity contribution < 1.29 is 0 Å². The molecule has 1 aliphatic carbocycles. The van der Waals surface area contributed by atoms with E-state index in [-0.39, 0.29) is 0 Å². The van der Waals surface area contributed by atoms with Gasteiger partial charge in [-0.05, 0) is 71.6 Å². The van der Waals surface area contributed by atoms with Crippen LogP contribution in [0.3, 0.4) is 0 Å². The van der Waals surface area contributed by atoms with E-state index in [2.05, 4.69) is 39.9 Å². The lowest BCUT2D eigenvalue weighted by molar-refractivity contribution is 0.144. The lowest BCUT2D eigenvalue weighted by Crippen LogP contribution is -2.41. The third kappa shape index (κ3) is 2.69. The molecule has 0 aromatic heterocycles. The molecule has 0 radical (unpaired) electrons. The third-order valence-electron chi connectivity index (χ3n) is 5.41. The van der Waals surface area contributed by atoms with E-state index < -0.39 is 0 Å². The summed E-state index contributed by atoms with van der Waals surface area (Å²) in [6.07, 6.45) is 10.0. The van der Waals surface area contributed by atoms with Crippen molar-refractivity contribution in [2.45, 2.75) is 51.9 Å². The molecule has 0 atom stereocenters. The zero-order valence-electron chi connectivity index (χ0n) is 12.4. The highest BCUT2D eigenvalue weighted by atomic mass is 79.9. The van der Waals surface area contributed by atoms with Crippen molar-refractivity contribution >= 4 is 27.3 Å². The van der Waals surface area contributed by atoms with Gasteiger partial charge in [-0.15, -0.1) is 0 Å². The Hall–Kier alpha value is -0.700. The second kappa shape index (κ2) is 5.59. The molecule has 2 nitrogen and oxygen atoms in total. The van der Waals surface area contributed by atoms with Crippen LogP contribution in [0.1, 0.15) is 50.5 Å². The van der Waals surface area contributed by atoms with Gasteiger partial charge >= 0.3 is 0 Å². The number of piperidine rings is 1. The molecule has 0 bridgehead atoms. The molecule has 1 spiro atoms. The van der Waals surface area contributed by atoms with Gasteiger partial charge in [-0.25, -0.2) is 0 Å². The fraction of sp³-hybridized carbons (Fsp3) is 0.647. The Morgan fingerprint density at radius 3 is 2.35 bits per heavy atom. The lowest BCUT2D eigenvalue weighted by atomic mass is 9.68. The van der Waals surface area contributed by atoms with Crippen LogP contribution in [0.25, 0.3) is 0 Å². The van der Waals surface area contributed by atoms with E-state index in [1.807, 2.05) is 0 Å². The molecule has 1 saturated carbocycles. The Bertz CT molecular complexity index is 482. The molecule has 110 valence electrons. The minimum absolute atomic E-state index is 0.671. The number of nitrogens with zero attached hydrogens (tertiary/aromatic N) is 1. The standard InChI is InChI=1S/C17H25BrN2/c1-13-11-16(14(18)12-15(13)19)20-9-7-17(8-10-20)5-3-2-4-6-17/h11-12H,2-10,19H2,1H3. The van der Waals surface area contributed by atoms with Crippen molar-refractivity contribution in [3.8, 4) is 0 Å². The molecule has 2 aliphatic rings. The number of nitrogen functional groups attached to an aromatic ring is 1. The van der Waals surface area contributed by atoms with Gasteiger partial charge in [0.05, 0.1) is 5.69 Å². The van der Waals surface area contributed by atoms with Crippen LogP contribution < -0.4 is 10.6 Å². The van der Waals surface area contributed by atoms with E-state index in [0.717, 1.165) is 10.2 Å². The van der Waals surface area contributed by atoms with Crippen molar-refractivity contribution in [3.05, 3.63) is 22.2 Å². The molecule has 20 heavy (non-hydrogen) atoms. The van der Waals surface area contributed by atoms with Crippen molar-refractivity contribution in [2.24, 2.45) is 5.41 Å². The quantitative estimate of drug-likeness (QED) is 0.739. The average molecular weight is 337 g/mol. The molecule has 1 aromatic carbocycles. The number of hydrogen-bond donors (Lipinski definition) is 1. The number of benzene rings is 1. The molecule has 0 unspecified atom stereocenters. The first-order valence-corrected chi connectivity index (χ1v) is 8.70. The van der Waals surface area contributed by atoms with Crippen LogP contribution in [0.15, 0.2) is 16.6 Å². The van der Waals surface area contributed by atoms with Gasteiger partial charge in [-0.3, -0.25) is 0 Å². The van der Waals surface area contributed by atoms with Gasteiger partial charge in [-0.1, -0.05) is 19.3 Å². The molecule has 2 fully saturated rings. The van der Waals surface area contributed by atoms with Crippen molar-refractivity contribution in [1.29, 1.82) is 0 Å². The summed E-state index contributed by atoms with van der Waals surface area (Å²) in [6, 6.07) is 4.29. The first-order chi connectivity index (χ1) is 9.60. The summed E-state index contributed by atoms with van der Waals surface area (Å²) in [6.45, 7) is 4.49. The average Bonchev–Trinajstić information content (AvgIpc) is 2.45. The summed E-state index contributed by atoms with van der Waals surface area (Å²) < 4.78 is 1.14. The van der Waals surface area contributed by atoms with Crippen LogP contribution in [-0.4, -0.2) is 13.1 Å². The highest BCUT2D eigenvalue weighted by molar-refractivity contribution is 9.10. The maximum absolute atomic E-state index is 5.98. The molecule has 1 heterocycles. The SMILES string of the molecule is Cc1cc(N2CCC3(CCCCC3)CC2)c(Br)cc1N. The number of halogens is 1. The van der Waals surface area contributed by atoms with Crippen LogP contribution >= 0.6 is 15.9 Å². The number of hydrogen-bond acceptors (Lipinski definition) is 2. The zero-order chi connectivity index (χ0) is 14.2. The highest BCUT2D eigenvalue weighted by Gasteiger charge is 2.35. The van der Waals surface area contributed by atoms with Gasteiger partial charge in [0, 0.05) is 23.2 Å². The van der Waals surface area contributed by atoms with Crippen LogP contribution in [0, 0.1) is 12.3 Å². The lowest BCUT2D eigenvalue weighted by Gasteiger charge is -2.45. The maximum Gasteiger partial charge on any atom is 0.0514 e. The summed E-state index contributed by atoms with van der Waals surface area (Å²) in [4.78, 5) is 2.54. The van der Waals surface area contributed by atoms with E-state index >= 15 is 0 Å². The summed E-state index contributed by atoms with van der Waals surface area (Å²) in [5.74, 6) is 0. The van der Waals surface area contributed by atoms with E-state index in [1.165, 1.54) is 69.3 Å². The topological polar surface area (TPSA) is 29.3 Å². The molecule has 1 saturated heterocycles. The van der Waals surface area contributed by atoms with Gasteiger partial charge in [0.25, 0.3) is 0 Å². The molecule has 1 aromatic rings. The van der Waals surface area contributed by atoms with Crippen molar-refractivity contribution in [2.75, 3.05) is 23.7 Å². The molecule has 3 rings (SSSR count). The van der Waals surface area contributed by atoms with Gasteiger partial charge in [0.2, 0.25) is 0 Å². The normalized spacial score (nSPS) is 22.2. The first-order valence-electron chi connectivity index (χ1n) is 7.90. The van der Waals surface area contributed by atoms with Crippen LogP contribution in [0.2, 0.25) is 0 Å². The second-order valence-corrected chi connectivity index (χ2v) is 7.56. The zero-order valence-corrected chi connectivity index (χ0v) is 14.0. The summed E-state index contributed by atoms with van der Waals surface area (Å²) >= 11 is 3.68. The Kier molecular flexibility index (Phi) is 3.98. The Morgan fingerprint density at radius 2 is 1.70 bits per heavy atom. The minimum Gasteiger partial charge on any atom is -0.398 e. The molecule has 2 N–H and O–H groups in total. The Labute approximate surface area is 130 Å². The van der Waals surface area contributed by atoms with E-state index in [1.54, 1.807) is 0 Å². The predicted octanol–water partition coefficient (Wildman–Crippen LogP) is 4.89. The Morgan fingerprint density at radius 1 is 1.05 bits per heavy atom. The van der Waals surface area contributed by atoms with Gasteiger partial charge < -0.3 is 10.6 Å². The van der Waals surface area contributed by atoms with Crippen LogP contribution in [-0.2, 0) is 0 Å². The highest BCUT2D eigenvalue weighted by Crippen LogP contribution is 2.46. The van der Waals surface area contributed by atoms with E-state index in [0.29, 0.717) is 5.41 Å².